The summed E-state index contributed by atoms with van der Waals surface area (Å²) >= 11 is 1.38. The molecule has 0 bridgehead atoms. The molecule has 0 atom stereocenters. The molecule has 3 rings (SSSR count). The van der Waals surface area contributed by atoms with Gasteiger partial charge in [-0.2, -0.15) is 0 Å². The predicted octanol–water partition coefficient (Wildman–Crippen LogP) is 2.21. The first-order valence-corrected chi connectivity index (χ1v) is 9.74. The van der Waals surface area contributed by atoms with Crippen molar-refractivity contribution in [3.05, 3.63) is 40.7 Å². The third-order valence-electron chi connectivity index (χ3n) is 4.47. The maximum Gasteiger partial charge on any atom is 0.292 e. The summed E-state index contributed by atoms with van der Waals surface area (Å²) in [6.45, 7) is 6.31. The minimum atomic E-state index is -0.367. The number of piperazine rings is 1. The van der Waals surface area contributed by atoms with Crippen molar-refractivity contribution < 1.29 is 9.72 Å². The van der Waals surface area contributed by atoms with Crippen LogP contribution in [0.15, 0.2) is 35.7 Å². The minimum Gasteiger partial charge on any atom is -0.362 e. The van der Waals surface area contributed by atoms with Crippen LogP contribution in [0.3, 0.4) is 0 Å². The van der Waals surface area contributed by atoms with Gasteiger partial charge in [-0.25, -0.2) is 0 Å². The fraction of sp³-hybridized carbons (Fsp3) is 0.471. The first kappa shape index (κ1) is 19.2. The van der Waals surface area contributed by atoms with Gasteiger partial charge in [-0.3, -0.25) is 14.9 Å². The molecule has 9 nitrogen and oxygen atoms in total. The van der Waals surface area contributed by atoms with E-state index in [0.29, 0.717) is 37.6 Å². The van der Waals surface area contributed by atoms with Gasteiger partial charge in [-0.1, -0.05) is 23.9 Å². The van der Waals surface area contributed by atoms with Crippen molar-refractivity contribution in [3.63, 3.8) is 0 Å². The van der Waals surface area contributed by atoms with E-state index in [1.165, 1.54) is 17.8 Å². The largest absolute Gasteiger partial charge is 0.362 e. The lowest BCUT2D eigenvalue weighted by Gasteiger charge is -2.35. The number of benzene rings is 1. The number of aromatic nitrogens is 3. The summed E-state index contributed by atoms with van der Waals surface area (Å²) in [7, 11) is 0. The number of anilines is 1. The number of thioether (sulfide) groups is 1. The number of hydrogen-bond acceptors (Lipinski definition) is 7. The van der Waals surface area contributed by atoms with Crippen LogP contribution >= 0.6 is 11.8 Å². The zero-order valence-electron chi connectivity index (χ0n) is 15.3. The normalized spacial score (nSPS) is 14.6. The molecular formula is C17H22N6O3S. The van der Waals surface area contributed by atoms with Gasteiger partial charge in [-0.15, -0.1) is 10.2 Å². The average Bonchev–Trinajstić information content (AvgIpc) is 3.15. The van der Waals surface area contributed by atoms with Gasteiger partial charge in [0.2, 0.25) is 5.91 Å². The number of nitro benzene ring substituents is 1. The van der Waals surface area contributed by atoms with Crippen molar-refractivity contribution in [1.82, 2.24) is 19.7 Å². The summed E-state index contributed by atoms with van der Waals surface area (Å²) < 4.78 is 1.93. The van der Waals surface area contributed by atoms with Crippen LogP contribution in [0.1, 0.15) is 19.9 Å². The molecule has 0 unspecified atom stereocenters. The third kappa shape index (κ3) is 4.38. The van der Waals surface area contributed by atoms with E-state index in [2.05, 4.69) is 10.2 Å². The highest BCUT2D eigenvalue weighted by Crippen LogP contribution is 2.28. The Morgan fingerprint density at radius 3 is 2.63 bits per heavy atom. The minimum absolute atomic E-state index is 0.0421. The zero-order chi connectivity index (χ0) is 19.4. The smallest absolute Gasteiger partial charge is 0.292 e. The van der Waals surface area contributed by atoms with Gasteiger partial charge in [0.15, 0.2) is 5.16 Å². The molecule has 1 aliphatic heterocycles. The highest BCUT2D eigenvalue weighted by Gasteiger charge is 2.25. The first-order valence-electron chi connectivity index (χ1n) is 8.76. The second-order valence-corrected chi connectivity index (χ2v) is 7.46. The Hall–Kier alpha value is -2.62. The fourth-order valence-electron chi connectivity index (χ4n) is 2.99. The Morgan fingerprint density at radius 2 is 1.96 bits per heavy atom. The van der Waals surface area contributed by atoms with Crippen LogP contribution in [0.5, 0.6) is 0 Å². The van der Waals surface area contributed by atoms with E-state index in [1.807, 2.05) is 23.3 Å². The molecule has 1 saturated heterocycles. The summed E-state index contributed by atoms with van der Waals surface area (Å²) in [5, 5.41) is 19.9. The predicted molar refractivity (Wildman–Crippen MR) is 103 cm³/mol. The molecule has 1 amide bonds. The molecule has 0 aliphatic carbocycles. The van der Waals surface area contributed by atoms with Crippen molar-refractivity contribution >= 4 is 29.0 Å². The van der Waals surface area contributed by atoms with E-state index in [4.69, 9.17) is 0 Å². The van der Waals surface area contributed by atoms with Crippen LogP contribution in [-0.2, 0) is 4.79 Å². The van der Waals surface area contributed by atoms with Gasteiger partial charge < -0.3 is 14.4 Å². The van der Waals surface area contributed by atoms with E-state index < -0.39 is 0 Å². The van der Waals surface area contributed by atoms with E-state index in [0.717, 1.165) is 5.16 Å². The Kier molecular flexibility index (Phi) is 5.94. The number of nitrogens with zero attached hydrogens (tertiary/aromatic N) is 6. The Bertz CT molecular complexity index is 817. The first-order chi connectivity index (χ1) is 13.0. The highest BCUT2D eigenvalue weighted by molar-refractivity contribution is 7.99. The molecular weight excluding hydrogens is 368 g/mol. The number of para-hydroxylation sites is 2. The molecule has 1 aromatic heterocycles. The van der Waals surface area contributed by atoms with Crippen LogP contribution in [-0.4, -0.2) is 62.4 Å². The van der Waals surface area contributed by atoms with Crippen molar-refractivity contribution in [1.29, 1.82) is 0 Å². The molecule has 2 aromatic rings. The molecule has 0 spiro atoms. The number of carbonyl (C=O) groups is 1. The van der Waals surface area contributed by atoms with Gasteiger partial charge in [0.25, 0.3) is 5.69 Å². The Labute approximate surface area is 161 Å². The molecule has 144 valence electrons. The van der Waals surface area contributed by atoms with E-state index in [1.54, 1.807) is 29.4 Å². The average molecular weight is 390 g/mol. The third-order valence-corrected chi connectivity index (χ3v) is 5.41. The summed E-state index contributed by atoms with van der Waals surface area (Å²) in [6.07, 6.45) is 1.67. The molecule has 10 heteroatoms. The zero-order valence-corrected chi connectivity index (χ0v) is 16.1. The van der Waals surface area contributed by atoms with Crippen LogP contribution in [0, 0.1) is 10.1 Å². The van der Waals surface area contributed by atoms with Gasteiger partial charge >= 0.3 is 0 Å². The van der Waals surface area contributed by atoms with E-state index in [9.17, 15) is 14.9 Å². The summed E-state index contributed by atoms with van der Waals surface area (Å²) in [4.78, 5) is 27.1. The monoisotopic (exact) mass is 390 g/mol. The molecule has 0 saturated carbocycles. The molecule has 0 radical (unpaired) electrons. The molecule has 2 heterocycles. The SMILES string of the molecule is CC(C)n1cnnc1SCC(=O)N1CCN(c2ccccc2[N+](=O)[O-])CC1. The summed E-state index contributed by atoms with van der Waals surface area (Å²) in [5.74, 6) is 0.345. The van der Waals surface area contributed by atoms with Gasteiger partial charge in [0, 0.05) is 38.3 Å². The maximum absolute atomic E-state index is 12.5. The standard InChI is InChI=1S/C17H22N6O3S/c1-13(2)22-12-18-19-17(22)27-11-16(24)21-9-7-20(8-10-21)14-5-3-4-6-15(14)23(25)26/h3-6,12-13H,7-11H2,1-2H3. The lowest BCUT2D eigenvalue weighted by Crippen LogP contribution is -2.49. The van der Waals surface area contributed by atoms with Gasteiger partial charge in [0.05, 0.1) is 10.7 Å². The van der Waals surface area contributed by atoms with E-state index in [-0.39, 0.29) is 22.6 Å². The second-order valence-electron chi connectivity index (χ2n) is 6.52. The number of rotatable bonds is 6. The number of amides is 1. The Balaban J connectivity index is 1.55. The molecule has 27 heavy (non-hydrogen) atoms. The lowest BCUT2D eigenvalue weighted by molar-refractivity contribution is -0.384. The van der Waals surface area contributed by atoms with Crippen LogP contribution in [0.4, 0.5) is 11.4 Å². The Morgan fingerprint density at radius 1 is 1.26 bits per heavy atom. The summed E-state index contributed by atoms with van der Waals surface area (Å²) in [5.41, 5.74) is 0.704. The number of carbonyl (C=O) groups excluding carboxylic acids is 1. The van der Waals surface area contributed by atoms with Gasteiger partial charge in [-0.05, 0) is 19.9 Å². The highest BCUT2D eigenvalue weighted by atomic mass is 32.2. The second kappa shape index (κ2) is 8.38. The summed E-state index contributed by atoms with van der Waals surface area (Å²) in [6, 6.07) is 6.96. The van der Waals surface area contributed by atoms with Crippen LogP contribution in [0.2, 0.25) is 0 Å². The molecule has 0 N–H and O–H groups in total. The quantitative estimate of drug-likeness (QED) is 0.424. The topological polar surface area (TPSA) is 97.4 Å². The lowest BCUT2D eigenvalue weighted by atomic mass is 10.2. The number of nitro groups is 1. The molecule has 1 fully saturated rings. The number of hydrogen-bond donors (Lipinski definition) is 0. The fourth-order valence-corrected chi connectivity index (χ4v) is 3.94. The van der Waals surface area contributed by atoms with Crippen LogP contribution < -0.4 is 4.90 Å². The molecule has 1 aliphatic rings. The van der Waals surface area contributed by atoms with Gasteiger partial charge in [0.1, 0.15) is 12.0 Å². The van der Waals surface area contributed by atoms with E-state index >= 15 is 0 Å². The van der Waals surface area contributed by atoms with Crippen molar-refractivity contribution in [2.45, 2.75) is 25.0 Å². The maximum atomic E-state index is 12.5. The van der Waals surface area contributed by atoms with Crippen LogP contribution in [0.25, 0.3) is 0 Å². The molecule has 1 aromatic carbocycles. The van der Waals surface area contributed by atoms with Crippen molar-refractivity contribution in [2.24, 2.45) is 0 Å². The van der Waals surface area contributed by atoms with Crippen molar-refractivity contribution in [3.8, 4) is 0 Å². The van der Waals surface area contributed by atoms with Crippen molar-refractivity contribution in [2.75, 3.05) is 36.8 Å².